The molecule has 0 atom stereocenters. The summed E-state index contributed by atoms with van der Waals surface area (Å²) in [5.41, 5.74) is 9.95. The maximum Gasteiger partial charge on any atom is 0.418 e. The Labute approximate surface area is 114 Å². The van der Waals surface area contributed by atoms with Gasteiger partial charge < -0.3 is 16.4 Å². The topological polar surface area (TPSA) is 72.4 Å². The molecule has 4 nitrogen and oxygen atoms in total. The molecule has 2 rings (SSSR count). The van der Waals surface area contributed by atoms with Gasteiger partial charge in [-0.25, -0.2) is 0 Å². The predicted octanol–water partition coefficient (Wildman–Crippen LogP) is 1.99. The van der Waals surface area contributed by atoms with Crippen LogP contribution in [0.2, 0.25) is 0 Å². The standard InChI is InChI=1S/C13H16F3N3O/c14-13(15,16)10-7-9(1-2-11(10)17)19-5-3-8(4-6-19)12(18)20/h1-2,7-8H,3-6,17H2,(H2,18,20). The van der Waals surface area contributed by atoms with E-state index >= 15 is 0 Å². The summed E-state index contributed by atoms with van der Waals surface area (Å²) in [6.45, 7) is 1.02. The Kier molecular flexibility index (Phi) is 3.78. The van der Waals surface area contributed by atoms with Crippen molar-refractivity contribution in [1.82, 2.24) is 0 Å². The second kappa shape index (κ2) is 5.22. The molecule has 4 N–H and O–H groups in total. The zero-order valence-electron chi connectivity index (χ0n) is 10.8. The van der Waals surface area contributed by atoms with Crippen LogP contribution in [0.3, 0.4) is 0 Å². The van der Waals surface area contributed by atoms with E-state index in [1.54, 1.807) is 6.07 Å². The number of benzene rings is 1. The van der Waals surface area contributed by atoms with Crippen molar-refractivity contribution in [3.8, 4) is 0 Å². The maximum atomic E-state index is 12.8. The van der Waals surface area contributed by atoms with E-state index in [9.17, 15) is 18.0 Å². The van der Waals surface area contributed by atoms with Crippen LogP contribution in [0.15, 0.2) is 18.2 Å². The Balaban J connectivity index is 2.17. The Morgan fingerprint density at radius 2 is 1.85 bits per heavy atom. The number of primary amides is 1. The molecule has 1 aromatic rings. The first-order chi connectivity index (χ1) is 9.29. The monoisotopic (exact) mass is 287 g/mol. The molecule has 0 bridgehead atoms. The number of halogens is 3. The number of alkyl halides is 3. The minimum Gasteiger partial charge on any atom is -0.398 e. The molecule has 20 heavy (non-hydrogen) atoms. The first-order valence-corrected chi connectivity index (χ1v) is 6.30. The van der Waals surface area contributed by atoms with Crippen LogP contribution in [0, 0.1) is 5.92 Å². The highest BCUT2D eigenvalue weighted by Gasteiger charge is 2.34. The summed E-state index contributed by atoms with van der Waals surface area (Å²) in [7, 11) is 0. The van der Waals surface area contributed by atoms with Crippen LogP contribution in [0.5, 0.6) is 0 Å². The van der Waals surface area contributed by atoms with Gasteiger partial charge in [0.2, 0.25) is 5.91 Å². The van der Waals surface area contributed by atoms with Crippen molar-refractivity contribution >= 4 is 17.3 Å². The number of hydrogen-bond acceptors (Lipinski definition) is 3. The number of nitrogens with two attached hydrogens (primary N) is 2. The summed E-state index contributed by atoms with van der Waals surface area (Å²) >= 11 is 0. The number of piperidine rings is 1. The minimum absolute atomic E-state index is 0.192. The molecule has 1 aliphatic rings. The molecule has 1 heterocycles. The molecule has 0 spiro atoms. The molecular weight excluding hydrogens is 271 g/mol. The SMILES string of the molecule is NC(=O)C1CCN(c2ccc(N)c(C(F)(F)F)c2)CC1. The molecule has 0 aromatic heterocycles. The lowest BCUT2D eigenvalue weighted by molar-refractivity contribution is -0.136. The number of nitrogens with zero attached hydrogens (tertiary/aromatic N) is 1. The van der Waals surface area contributed by atoms with Crippen LogP contribution >= 0.6 is 0 Å². The fraction of sp³-hybridized carbons (Fsp3) is 0.462. The van der Waals surface area contributed by atoms with Crippen LogP contribution in [-0.2, 0) is 11.0 Å². The van der Waals surface area contributed by atoms with Gasteiger partial charge in [0.25, 0.3) is 0 Å². The summed E-state index contributed by atoms with van der Waals surface area (Å²) in [4.78, 5) is 12.9. The third-order valence-corrected chi connectivity index (χ3v) is 3.60. The molecule has 1 aliphatic heterocycles. The Hall–Kier alpha value is -1.92. The van der Waals surface area contributed by atoms with Crippen molar-refractivity contribution in [2.45, 2.75) is 19.0 Å². The largest absolute Gasteiger partial charge is 0.418 e. The quantitative estimate of drug-likeness (QED) is 0.817. The van der Waals surface area contributed by atoms with E-state index in [2.05, 4.69) is 0 Å². The van der Waals surface area contributed by atoms with E-state index in [4.69, 9.17) is 11.5 Å². The van der Waals surface area contributed by atoms with E-state index < -0.39 is 11.7 Å². The predicted molar refractivity (Wildman–Crippen MR) is 70.0 cm³/mol. The molecule has 0 saturated carbocycles. The summed E-state index contributed by atoms with van der Waals surface area (Å²) in [5.74, 6) is -0.542. The van der Waals surface area contributed by atoms with E-state index in [0.29, 0.717) is 31.6 Å². The van der Waals surface area contributed by atoms with Crippen LogP contribution in [0.1, 0.15) is 18.4 Å². The normalized spacial score (nSPS) is 17.2. The zero-order chi connectivity index (χ0) is 14.9. The molecular formula is C13H16F3N3O. The number of anilines is 2. The van der Waals surface area contributed by atoms with Gasteiger partial charge >= 0.3 is 6.18 Å². The van der Waals surface area contributed by atoms with Gasteiger partial charge in [-0.05, 0) is 31.0 Å². The molecule has 110 valence electrons. The van der Waals surface area contributed by atoms with Gasteiger partial charge in [0.05, 0.1) is 5.56 Å². The van der Waals surface area contributed by atoms with Crippen molar-refractivity contribution < 1.29 is 18.0 Å². The third kappa shape index (κ3) is 2.97. The van der Waals surface area contributed by atoms with Crippen molar-refractivity contribution in [2.24, 2.45) is 11.7 Å². The molecule has 1 aromatic carbocycles. The number of nitrogen functional groups attached to an aromatic ring is 1. The van der Waals surface area contributed by atoms with Crippen LogP contribution in [0.4, 0.5) is 24.5 Å². The van der Waals surface area contributed by atoms with Crippen molar-refractivity contribution in [3.63, 3.8) is 0 Å². The zero-order valence-corrected chi connectivity index (χ0v) is 10.8. The van der Waals surface area contributed by atoms with E-state index in [1.165, 1.54) is 6.07 Å². The number of carbonyl (C=O) groups is 1. The summed E-state index contributed by atoms with van der Waals surface area (Å²) in [6, 6.07) is 3.88. The fourth-order valence-electron chi connectivity index (χ4n) is 2.41. The van der Waals surface area contributed by atoms with Gasteiger partial charge in [-0.1, -0.05) is 0 Å². The van der Waals surface area contributed by atoms with Crippen LogP contribution < -0.4 is 16.4 Å². The summed E-state index contributed by atoms with van der Waals surface area (Å²) in [6.07, 6.45) is -3.35. The van der Waals surface area contributed by atoms with Gasteiger partial charge in [0.1, 0.15) is 0 Å². The van der Waals surface area contributed by atoms with Crippen molar-refractivity contribution in [3.05, 3.63) is 23.8 Å². The average molecular weight is 287 g/mol. The molecule has 0 unspecified atom stereocenters. The van der Waals surface area contributed by atoms with Crippen LogP contribution in [0.25, 0.3) is 0 Å². The molecule has 1 fully saturated rings. The summed E-state index contributed by atoms with van der Waals surface area (Å²) < 4.78 is 38.4. The lowest BCUT2D eigenvalue weighted by atomic mass is 9.95. The highest BCUT2D eigenvalue weighted by Crippen LogP contribution is 2.36. The van der Waals surface area contributed by atoms with Gasteiger partial charge in [-0.3, -0.25) is 4.79 Å². The average Bonchev–Trinajstić information content (AvgIpc) is 2.38. The third-order valence-electron chi connectivity index (χ3n) is 3.60. The second-order valence-corrected chi connectivity index (χ2v) is 4.93. The Bertz CT molecular complexity index is 508. The smallest absolute Gasteiger partial charge is 0.398 e. The number of hydrogen-bond donors (Lipinski definition) is 2. The molecule has 1 amide bonds. The number of carbonyl (C=O) groups excluding carboxylic acids is 1. The van der Waals surface area contributed by atoms with E-state index in [0.717, 1.165) is 6.07 Å². The van der Waals surface area contributed by atoms with Gasteiger partial charge in [0.15, 0.2) is 0 Å². The van der Waals surface area contributed by atoms with E-state index in [1.807, 2.05) is 4.90 Å². The highest BCUT2D eigenvalue weighted by atomic mass is 19.4. The van der Waals surface area contributed by atoms with E-state index in [-0.39, 0.29) is 17.5 Å². The molecule has 0 aliphatic carbocycles. The lowest BCUT2D eigenvalue weighted by Crippen LogP contribution is -2.38. The number of amides is 1. The Morgan fingerprint density at radius 3 is 2.35 bits per heavy atom. The highest BCUT2D eigenvalue weighted by molar-refractivity contribution is 5.77. The lowest BCUT2D eigenvalue weighted by Gasteiger charge is -2.32. The Morgan fingerprint density at radius 1 is 1.25 bits per heavy atom. The first-order valence-electron chi connectivity index (χ1n) is 6.30. The molecule has 7 heteroatoms. The summed E-state index contributed by atoms with van der Waals surface area (Å²) in [5, 5.41) is 0. The minimum atomic E-state index is -4.47. The molecule has 1 saturated heterocycles. The van der Waals surface area contributed by atoms with Crippen molar-refractivity contribution in [2.75, 3.05) is 23.7 Å². The van der Waals surface area contributed by atoms with Crippen molar-refractivity contribution in [1.29, 1.82) is 0 Å². The van der Waals surface area contributed by atoms with Gasteiger partial charge in [-0.15, -0.1) is 0 Å². The fourth-order valence-corrected chi connectivity index (χ4v) is 2.41. The number of rotatable bonds is 2. The second-order valence-electron chi connectivity index (χ2n) is 4.93. The first kappa shape index (κ1) is 14.5. The van der Waals surface area contributed by atoms with Crippen LogP contribution in [-0.4, -0.2) is 19.0 Å². The molecule has 0 radical (unpaired) electrons. The van der Waals surface area contributed by atoms with Gasteiger partial charge in [0, 0.05) is 30.4 Å². The maximum absolute atomic E-state index is 12.8. The van der Waals surface area contributed by atoms with Gasteiger partial charge in [-0.2, -0.15) is 13.2 Å².